The van der Waals surface area contributed by atoms with Crippen LogP contribution in [0.2, 0.25) is 0 Å². The van der Waals surface area contributed by atoms with Crippen LogP contribution < -0.4 is 0 Å². The Bertz CT molecular complexity index is 205. The third-order valence-corrected chi connectivity index (χ3v) is 2.40. The first kappa shape index (κ1) is 11.5. The normalized spacial score (nSPS) is 13.1. The summed E-state index contributed by atoms with van der Waals surface area (Å²) in [5.74, 6) is 0. The Morgan fingerprint density at radius 2 is 1.33 bits per heavy atom. The molecule has 0 aliphatic carbocycles. The predicted molar refractivity (Wildman–Crippen MR) is 57.3 cm³/mol. The van der Waals surface area contributed by atoms with Crippen LogP contribution in [-0.4, -0.2) is 0 Å². The predicted octanol–water partition coefficient (Wildman–Crippen LogP) is 4.34. The van der Waals surface area contributed by atoms with Crippen molar-refractivity contribution >= 4 is 0 Å². The molecule has 0 heterocycles. The summed E-state index contributed by atoms with van der Waals surface area (Å²) in [4.78, 5) is 0. The second kappa shape index (κ2) is 3.93. The van der Waals surface area contributed by atoms with Crippen LogP contribution in [-0.2, 0) is 0 Å². The van der Waals surface area contributed by atoms with E-state index in [9.17, 15) is 0 Å². The molecule has 0 bridgehead atoms. The standard InChI is InChI=1S/C12H22/c1-9(2)10(3)8-11(4)12(5,6)7/h8H,1-7H3. The molecule has 0 unspecified atom stereocenters. The van der Waals surface area contributed by atoms with Gasteiger partial charge in [-0.25, -0.2) is 0 Å². The zero-order chi connectivity index (χ0) is 9.94. The molecule has 0 rings (SSSR count). The summed E-state index contributed by atoms with van der Waals surface area (Å²) in [7, 11) is 0. The smallest absolute Gasteiger partial charge is 0.0173 e. The fraction of sp³-hybridized carbons (Fsp3) is 0.667. The van der Waals surface area contributed by atoms with E-state index in [2.05, 4.69) is 54.5 Å². The Labute approximate surface area is 77.4 Å². The average Bonchev–Trinajstić information content (AvgIpc) is 1.85. The molecule has 0 saturated carbocycles. The molecule has 0 fully saturated rings. The lowest BCUT2D eigenvalue weighted by molar-refractivity contribution is 0.503. The van der Waals surface area contributed by atoms with Gasteiger partial charge in [0.15, 0.2) is 0 Å². The molecule has 0 aromatic heterocycles. The molecule has 0 radical (unpaired) electrons. The van der Waals surface area contributed by atoms with Crippen LogP contribution in [0.3, 0.4) is 0 Å². The highest BCUT2D eigenvalue weighted by Gasteiger charge is 2.11. The molecule has 0 heteroatoms. The van der Waals surface area contributed by atoms with Crippen molar-refractivity contribution in [1.82, 2.24) is 0 Å². The fourth-order valence-corrected chi connectivity index (χ4v) is 0.686. The number of hydrogen-bond acceptors (Lipinski definition) is 0. The maximum Gasteiger partial charge on any atom is -0.0173 e. The summed E-state index contributed by atoms with van der Waals surface area (Å²) in [6.07, 6.45) is 2.29. The average molecular weight is 166 g/mol. The largest absolute Gasteiger partial charge is 0.0735 e. The molecule has 0 atom stereocenters. The molecule has 0 spiro atoms. The van der Waals surface area contributed by atoms with Crippen LogP contribution in [0.15, 0.2) is 22.8 Å². The molecule has 0 aromatic carbocycles. The highest BCUT2D eigenvalue weighted by atomic mass is 14.2. The van der Waals surface area contributed by atoms with E-state index in [4.69, 9.17) is 0 Å². The minimum Gasteiger partial charge on any atom is -0.0735 e. The quantitative estimate of drug-likeness (QED) is 0.508. The van der Waals surface area contributed by atoms with Crippen molar-refractivity contribution in [3.8, 4) is 0 Å². The lowest BCUT2D eigenvalue weighted by Gasteiger charge is -2.19. The first-order chi connectivity index (χ1) is 5.25. The maximum absolute atomic E-state index is 2.29. The van der Waals surface area contributed by atoms with Gasteiger partial charge in [-0.05, 0) is 33.1 Å². The van der Waals surface area contributed by atoms with Gasteiger partial charge in [-0.1, -0.05) is 43.6 Å². The van der Waals surface area contributed by atoms with Crippen LogP contribution in [0.4, 0.5) is 0 Å². The molecule has 0 nitrogen and oxygen atoms in total. The van der Waals surface area contributed by atoms with Gasteiger partial charge >= 0.3 is 0 Å². The molecule has 0 N–H and O–H groups in total. The third-order valence-electron chi connectivity index (χ3n) is 2.40. The van der Waals surface area contributed by atoms with E-state index in [1.165, 1.54) is 16.7 Å². The zero-order valence-electron chi connectivity index (χ0n) is 9.58. The second-order valence-corrected chi connectivity index (χ2v) is 4.76. The van der Waals surface area contributed by atoms with Crippen molar-refractivity contribution in [2.45, 2.75) is 48.5 Å². The van der Waals surface area contributed by atoms with Crippen molar-refractivity contribution in [3.63, 3.8) is 0 Å². The number of allylic oxidation sites excluding steroid dienone is 4. The van der Waals surface area contributed by atoms with E-state index in [1.54, 1.807) is 0 Å². The van der Waals surface area contributed by atoms with Gasteiger partial charge in [0.2, 0.25) is 0 Å². The Morgan fingerprint density at radius 3 is 1.58 bits per heavy atom. The molecular weight excluding hydrogens is 144 g/mol. The number of hydrogen-bond donors (Lipinski definition) is 0. The number of rotatable bonds is 1. The summed E-state index contributed by atoms with van der Waals surface area (Å²) < 4.78 is 0. The summed E-state index contributed by atoms with van der Waals surface area (Å²) in [6.45, 7) is 15.4. The highest BCUT2D eigenvalue weighted by Crippen LogP contribution is 2.25. The molecule has 0 amide bonds. The summed E-state index contributed by atoms with van der Waals surface area (Å²) >= 11 is 0. The zero-order valence-corrected chi connectivity index (χ0v) is 9.58. The van der Waals surface area contributed by atoms with Crippen LogP contribution in [0, 0.1) is 5.41 Å². The van der Waals surface area contributed by atoms with E-state index in [-0.39, 0.29) is 0 Å². The Balaban J connectivity index is 4.71. The van der Waals surface area contributed by atoms with Gasteiger partial charge in [-0.15, -0.1) is 0 Å². The fourth-order valence-electron chi connectivity index (χ4n) is 0.686. The van der Waals surface area contributed by atoms with Crippen LogP contribution in [0.5, 0.6) is 0 Å². The Hall–Kier alpha value is -0.520. The topological polar surface area (TPSA) is 0 Å². The van der Waals surface area contributed by atoms with Gasteiger partial charge in [0.05, 0.1) is 0 Å². The Morgan fingerprint density at radius 1 is 0.917 bits per heavy atom. The first-order valence-electron chi connectivity index (χ1n) is 4.58. The minimum absolute atomic E-state index is 0.302. The monoisotopic (exact) mass is 166 g/mol. The Kier molecular flexibility index (Phi) is 3.76. The molecule has 0 aliphatic rings. The minimum atomic E-state index is 0.302. The van der Waals surface area contributed by atoms with Gasteiger partial charge < -0.3 is 0 Å². The van der Waals surface area contributed by atoms with E-state index < -0.39 is 0 Å². The van der Waals surface area contributed by atoms with Gasteiger partial charge in [-0.2, -0.15) is 0 Å². The van der Waals surface area contributed by atoms with Crippen molar-refractivity contribution in [3.05, 3.63) is 22.8 Å². The van der Waals surface area contributed by atoms with E-state index >= 15 is 0 Å². The van der Waals surface area contributed by atoms with E-state index in [0.29, 0.717) is 5.41 Å². The molecular formula is C12H22. The maximum atomic E-state index is 2.29. The summed E-state index contributed by atoms with van der Waals surface area (Å²) in [5, 5.41) is 0. The van der Waals surface area contributed by atoms with E-state index in [0.717, 1.165) is 0 Å². The van der Waals surface area contributed by atoms with Gasteiger partial charge in [0.1, 0.15) is 0 Å². The third kappa shape index (κ3) is 3.75. The highest BCUT2D eigenvalue weighted by molar-refractivity contribution is 5.26. The second-order valence-electron chi connectivity index (χ2n) is 4.76. The first-order valence-corrected chi connectivity index (χ1v) is 4.58. The van der Waals surface area contributed by atoms with Crippen LogP contribution >= 0.6 is 0 Å². The SMILES string of the molecule is CC(=CC(C)=C(C)C)C(C)(C)C. The summed E-state index contributed by atoms with van der Waals surface area (Å²) in [6, 6.07) is 0. The molecule has 12 heavy (non-hydrogen) atoms. The summed E-state index contributed by atoms with van der Waals surface area (Å²) in [5.41, 5.74) is 4.54. The van der Waals surface area contributed by atoms with Crippen LogP contribution in [0.25, 0.3) is 0 Å². The van der Waals surface area contributed by atoms with Gasteiger partial charge in [0.25, 0.3) is 0 Å². The van der Waals surface area contributed by atoms with E-state index in [1.807, 2.05) is 0 Å². The molecule has 0 saturated heterocycles. The van der Waals surface area contributed by atoms with Crippen molar-refractivity contribution in [2.75, 3.05) is 0 Å². The van der Waals surface area contributed by atoms with Crippen molar-refractivity contribution in [1.29, 1.82) is 0 Å². The van der Waals surface area contributed by atoms with Gasteiger partial charge in [0, 0.05) is 0 Å². The van der Waals surface area contributed by atoms with Gasteiger partial charge in [-0.3, -0.25) is 0 Å². The molecule has 0 aromatic rings. The van der Waals surface area contributed by atoms with Crippen molar-refractivity contribution in [2.24, 2.45) is 5.41 Å². The van der Waals surface area contributed by atoms with Crippen molar-refractivity contribution < 1.29 is 0 Å². The lowest BCUT2D eigenvalue weighted by atomic mass is 9.86. The molecule has 70 valence electrons. The molecule has 0 aliphatic heterocycles. The lowest BCUT2D eigenvalue weighted by Crippen LogP contribution is -2.06. The van der Waals surface area contributed by atoms with Crippen LogP contribution in [0.1, 0.15) is 48.5 Å².